The van der Waals surface area contributed by atoms with Crippen LogP contribution in [0.25, 0.3) is 0 Å². The van der Waals surface area contributed by atoms with Crippen LogP contribution in [0.2, 0.25) is 0 Å². The highest BCUT2D eigenvalue weighted by Gasteiger charge is 2.41. The third-order valence-electron chi connectivity index (χ3n) is 4.32. The van der Waals surface area contributed by atoms with E-state index in [4.69, 9.17) is 11.6 Å². The van der Waals surface area contributed by atoms with Crippen molar-refractivity contribution in [3.8, 4) is 0 Å². The summed E-state index contributed by atoms with van der Waals surface area (Å²) in [5.74, 6) is 7.12. The minimum atomic E-state index is -4.40. The van der Waals surface area contributed by atoms with Crippen LogP contribution in [0.3, 0.4) is 0 Å². The number of hydrazine groups is 1. The van der Waals surface area contributed by atoms with Gasteiger partial charge in [-0.2, -0.15) is 29.8 Å². The summed E-state index contributed by atoms with van der Waals surface area (Å²) in [5, 5.41) is 11.4. The molecule has 0 unspecified atom stereocenters. The molecular weight excluding hydrogens is 405 g/mol. The number of nitrogens with two attached hydrogens (primary N) is 2. The number of rotatable bonds is 7. The number of nitroso groups, excluding NO2 is 1. The Balaban J connectivity index is 1.76. The molecule has 0 atom stereocenters. The summed E-state index contributed by atoms with van der Waals surface area (Å²) < 4.78 is 38.1. The quantitative estimate of drug-likeness (QED) is 0.206. The monoisotopic (exact) mass is 424 g/mol. The third-order valence-corrected chi connectivity index (χ3v) is 5.80. The number of hydrazone groups is 1. The predicted molar refractivity (Wildman–Crippen MR) is 109 cm³/mol. The fourth-order valence-corrected chi connectivity index (χ4v) is 3.72. The first-order valence-corrected chi connectivity index (χ1v) is 9.70. The van der Waals surface area contributed by atoms with Gasteiger partial charge in [0.25, 0.3) is 0 Å². The molecule has 0 amide bonds. The number of anilines is 2. The van der Waals surface area contributed by atoms with Crippen molar-refractivity contribution in [3.05, 3.63) is 64.6 Å². The Morgan fingerprint density at radius 1 is 1.17 bits per heavy atom. The summed E-state index contributed by atoms with van der Waals surface area (Å²) in [5.41, 5.74) is 6.10. The Morgan fingerprint density at radius 2 is 1.83 bits per heavy atom. The fourth-order valence-electron chi connectivity index (χ4n) is 2.75. The van der Waals surface area contributed by atoms with E-state index < -0.39 is 17.3 Å². The zero-order valence-corrected chi connectivity index (χ0v) is 16.0. The minimum Gasteiger partial charge on any atom is -0.382 e. The zero-order chi connectivity index (χ0) is 21.1. The number of para-hydroxylation sites is 1. The van der Waals surface area contributed by atoms with Crippen LogP contribution in [0.1, 0.15) is 11.1 Å². The van der Waals surface area contributed by atoms with Crippen LogP contribution in [-0.4, -0.2) is 34.5 Å². The van der Waals surface area contributed by atoms with E-state index >= 15 is 0 Å². The number of amidine groups is 1. The average molecular weight is 424 g/mol. The highest BCUT2D eigenvalue weighted by molar-refractivity contribution is 8.00. The number of nitrogens with one attached hydrogen (secondary N) is 1. The average Bonchev–Trinajstić information content (AvgIpc) is 2.65. The fraction of sp³-hybridized carbons (Fsp3) is 0.278. The van der Waals surface area contributed by atoms with E-state index in [1.165, 1.54) is 12.1 Å². The molecular formula is C18H19F3N6OS. The summed E-state index contributed by atoms with van der Waals surface area (Å²) in [6.07, 6.45) is -4.40. The molecule has 1 aliphatic heterocycles. The summed E-state index contributed by atoms with van der Waals surface area (Å²) in [6, 6.07) is 11.6. The van der Waals surface area contributed by atoms with Gasteiger partial charge in [-0.1, -0.05) is 17.3 Å². The molecule has 0 spiro atoms. The lowest BCUT2D eigenvalue weighted by Gasteiger charge is -2.35. The van der Waals surface area contributed by atoms with Crippen LogP contribution in [0, 0.1) is 4.91 Å². The minimum absolute atomic E-state index is 0.0931. The van der Waals surface area contributed by atoms with Crippen molar-refractivity contribution in [3.63, 3.8) is 0 Å². The van der Waals surface area contributed by atoms with E-state index in [-0.39, 0.29) is 12.4 Å². The van der Waals surface area contributed by atoms with E-state index in [0.29, 0.717) is 28.4 Å². The molecule has 0 radical (unpaired) electrons. The van der Waals surface area contributed by atoms with Crippen molar-refractivity contribution in [2.24, 2.45) is 21.9 Å². The van der Waals surface area contributed by atoms with Gasteiger partial charge in [0.1, 0.15) is 5.54 Å². The van der Waals surface area contributed by atoms with Crippen LogP contribution in [-0.2, 0) is 6.18 Å². The van der Waals surface area contributed by atoms with E-state index in [9.17, 15) is 18.1 Å². The molecule has 2 aromatic rings. The maximum atomic E-state index is 12.7. The maximum Gasteiger partial charge on any atom is 0.416 e. The molecule has 1 heterocycles. The SMILES string of the molecule is N/C(=N\N(N)CC1(N=O)CSC1)c1ccccc1Nc1ccc(C(F)(F)F)cc1. The number of nitrogens with zero attached hydrogens (tertiary/aromatic N) is 3. The van der Waals surface area contributed by atoms with E-state index in [1.54, 1.807) is 36.0 Å². The molecule has 1 fully saturated rings. The Labute approximate surface area is 169 Å². The smallest absolute Gasteiger partial charge is 0.382 e. The molecule has 11 heteroatoms. The van der Waals surface area contributed by atoms with Gasteiger partial charge in [-0.05, 0) is 36.4 Å². The molecule has 1 saturated heterocycles. The molecule has 1 aliphatic rings. The summed E-state index contributed by atoms with van der Waals surface area (Å²) in [7, 11) is 0. The number of halogens is 3. The Hall–Kier alpha value is -2.79. The number of hydrogen-bond acceptors (Lipinski definition) is 7. The van der Waals surface area contributed by atoms with Crippen LogP contribution < -0.4 is 16.9 Å². The number of hydrogen-bond donors (Lipinski definition) is 3. The van der Waals surface area contributed by atoms with Gasteiger partial charge < -0.3 is 11.1 Å². The van der Waals surface area contributed by atoms with Gasteiger partial charge in [-0.25, -0.2) is 11.0 Å². The van der Waals surface area contributed by atoms with Crippen molar-refractivity contribution in [2.75, 3.05) is 23.4 Å². The molecule has 29 heavy (non-hydrogen) atoms. The molecule has 2 aromatic carbocycles. The first-order valence-electron chi connectivity index (χ1n) is 8.55. The summed E-state index contributed by atoms with van der Waals surface area (Å²) >= 11 is 1.60. The van der Waals surface area contributed by atoms with Crippen molar-refractivity contribution in [2.45, 2.75) is 11.7 Å². The second-order valence-corrected chi connectivity index (χ2v) is 7.62. The normalized spacial score (nSPS) is 16.1. The van der Waals surface area contributed by atoms with Gasteiger partial charge in [0.05, 0.1) is 12.1 Å². The number of thioether (sulfide) groups is 1. The van der Waals surface area contributed by atoms with Crippen molar-refractivity contribution < 1.29 is 13.2 Å². The topological polar surface area (TPSA) is 109 Å². The standard InChI is InChI=1S/C18H19F3N6OS/c19-18(20,21)12-5-7-13(8-6-12)24-15-4-2-1-3-14(15)16(22)25-27(23)9-17(26-28)10-29-11-17/h1-8,24H,9-11,23H2,(H2,22,25). The van der Waals surface area contributed by atoms with Gasteiger partial charge in [-0.3, -0.25) is 0 Å². The van der Waals surface area contributed by atoms with E-state index in [0.717, 1.165) is 17.3 Å². The van der Waals surface area contributed by atoms with Crippen molar-refractivity contribution >= 4 is 29.0 Å². The third kappa shape index (κ3) is 4.98. The van der Waals surface area contributed by atoms with Crippen LogP contribution in [0.4, 0.5) is 24.5 Å². The molecule has 0 saturated carbocycles. The van der Waals surface area contributed by atoms with E-state index in [1.807, 2.05) is 0 Å². The highest BCUT2D eigenvalue weighted by atomic mass is 32.2. The van der Waals surface area contributed by atoms with Crippen LogP contribution in [0.15, 0.2) is 58.8 Å². The molecule has 154 valence electrons. The summed E-state index contributed by atoms with van der Waals surface area (Å²) in [6.45, 7) is 0.138. The van der Waals surface area contributed by atoms with Gasteiger partial charge >= 0.3 is 6.18 Å². The largest absolute Gasteiger partial charge is 0.416 e. The van der Waals surface area contributed by atoms with Gasteiger partial charge in [-0.15, -0.1) is 5.10 Å². The lowest BCUT2D eigenvalue weighted by molar-refractivity contribution is -0.137. The second-order valence-electron chi connectivity index (χ2n) is 6.64. The van der Waals surface area contributed by atoms with E-state index in [2.05, 4.69) is 15.6 Å². The van der Waals surface area contributed by atoms with Gasteiger partial charge in [0.2, 0.25) is 0 Å². The van der Waals surface area contributed by atoms with Crippen LogP contribution >= 0.6 is 11.8 Å². The van der Waals surface area contributed by atoms with Crippen molar-refractivity contribution in [1.29, 1.82) is 0 Å². The Morgan fingerprint density at radius 3 is 2.38 bits per heavy atom. The first kappa shape index (κ1) is 20.9. The Kier molecular flexibility index (Phi) is 5.99. The molecule has 0 aliphatic carbocycles. The number of benzene rings is 2. The van der Waals surface area contributed by atoms with Gasteiger partial charge in [0.15, 0.2) is 5.84 Å². The highest BCUT2D eigenvalue weighted by Crippen LogP contribution is 2.33. The maximum absolute atomic E-state index is 12.7. The molecule has 3 rings (SSSR count). The lowest BCUT2D eigenvalue weighted by Crippen LogP contribution is -2.51. The predicted octanol–water partition coefficient (Wildman–Crippen LogP) is 3.50. The second kappa shape index (κ2) is 8.29. The summed E-state index contributed by atoms with van der Waals surface area (Å²) in [4.78, 5) is 11.0. The molecule has 7 nitrogen and oxygen atoms in total. The van der Waals surface area contributed by atoms with Crippen molar-refractivity contribution in [1.82, 2.24) is 5.12 Å². The first-order chi connectivity index (χ1) is 13.7. The van der Waals surface area contributed by atoms with Crippen LogP contribution in [0.5, 0.6) is 0 Å². The Bertz CT molecular complexity index is 899. The number of alkyl halides is 3. The zero-order valence-electron chi connectivity index (χ0n) is 15.2. The molecule has 0 aromatic heterocycles. The lowest BCUT2D eigenvalue weighted by atomic mass is 10.1. The van der Waals surface area contributed by atoms with Gasteiger partial charge in [0, 0.05) is 28.4 Å². The molecule has 5 N–H and O–H groups in total. The molecule has 0 bridgehead atoms.